The van der Waals surface area contributed by atoms with E-state index in [4.69, 9.17) is 4.74 Å². The maximum atomic E-state index is 13.0. The van der Waals surface area contributed by atoms with Crippen molar-refractivity contribution in [3.05, 3.63) is 72.2 Å². The number of hydrogen-bond donors (Lipinski definition) is 1. The zero-order valence-electron chi connectivity index (χ0n) is 17.3. The van der Waals surface area contributed by atoms with Crippen LogP contribution >= 0.6 is 23.1 Å². The molecule has 2 heterocycles. The molecule has 0 bridgehead atoms. The summed E-state index contributed by atoms with van der Waals surface area (Å²) in [7, 11) is 1.64. The first-order valence-corrected chi connectivity index (χ1v) is 11.5. The monoisotopic (exact) mass is 466 g/mol. The van der Waals surface area contributed by atoms with Crippen LogP contribution in [0, 0.1) is 12.7 Å². The maximum Gasteiger partial charge on any atom is 0.234 e. The standard InChI is InChI=1S/C23H19FN4O2S2/c1-14-22(32-23(25-14)17-5-3-4-6-19(17)30-2)18-11-12-21(28-27-18)31-13-20(29)26-16-9-7-15(24)8-10-16/h3-12H,13H2,1-2H3,(H,26,29). The molecule has 0 aliphatic carbocycles. The van der Waals surface area contributed by atoms with Crippen LogP contribution in [-0.4, -0.2) is 34.0 Å². The average Bonchev–Trinajstić information content (AvgIpc) is 3.21. The van der Waals surface area contributed by atoms with Gasteiger partial charge in [0.15, 0.2) is 0 Å². The summed E-state index contributed by atoms with van der Waals surface area (Å²) in [6.07, 6.45) is 0. The van der Waals surface area contributed by atoms with E-state index in [-0.39, 0.29) is 17.5 Å². The fourth-order valence-corrected chi connectivity index (χ4v) is 4.63. The number of nitrogens with one attached hydrogen (secondary N) is 1. The van der Waals surface area contributed by atoms with Crippen molar-refractivity contribution in [1.29, 1.82) is 0 Å². The van der Waals surface area contributed by atoms with Gasteiger partial charge in [-0.25, -0.2) is 9.37 Å². The highest BCUT2D eigenvalue weighted by Crippen LogP contribution is 2.38. The van der Waals surface area contributed by atoms with Crippen molar-refractivity contribution in [2.75, 3.05) is 18.2 Å². The SMILES string of the molecule is COc1ccccc1-c1nc(C)c(-c2ccc(SCC(=O)Nc3ccc(F)cc3)nn2)s1. The number of rotatable bonds is 7. The number of aromatic nitrogens is 3. The number of thiazole rings is 1. The fraction of sp³-hybridized carbons (Fsp3) is 0.130. The van der Waals surface area contributed by atoms with E-state index >= 15 is 0 Å². The topological polar surface area (TPSA) is 77.0 Å². The Hall–Kier alpha value is -3.30. The third kappa shape index (κ3) is 5.12. The third-order valence-corrected chi connectivity index (χ3v) is 6.62. The van der Waals surface area contributed by atoms with Crippen molar-refractivity contribution < 1.29 is 13.9 Å². The van der Waals surface area contributed by atoms with E-state index in [0.717, 1.165) is 32.6 Å². The number of nitrogens with zero attached hydrogens (tertiary/aromatic N) is 3. The molecule has 0 spiro atoms. The van der Waals surface area contributed by atoms with Crippen molar-refractivity contribution in [2.45, 2.75) is 11.9 Å². The normalized spacial score (nSPS) is 10.7. The number of anilines is 1. The zero-order chi connectivity index (χ0) is 22.5. The quantitative estimate of drug-likeness (QED) is 0.365. The number of aryl methyl sites for hydroxylation is 1. The Bertz CT molecular complexity index is 1230. The molecule has 4 aromatic rings. The van der Waals surface area contributed by atoms with Crippen LogP contribution in [0.15, 0.2) is 65.7 Å². The van der Waals surface area contributed by atoms with Gasteiger partial charge in [0.1, 0.15) is 27.3 Å². The fourth-order valence-electron chi connectivity index (χ4n) is 2.96. The first kappa shape index (κ1) is 21.9. The first-order chi connectivity index (χ1) is 15.5. The highest BCUT2D eigenvalue weighted by molar-refractivity contribution is 7.99. The van der Waals surface area contributed by atoms with Gasteiger partial charge in [-0.2, -0.15) is 0 Å². The lowest BCUT2D eigenvalue weighted by atomic mass is 10.2. The molecule has 2 aromatic carbocycles. The van der Waals surface area contributed by atoms with Crippen molar-refractivity contribution in [2.24, 2.45) is 0 Å². The lowest BCUT2D eigenvalue weighted by molar-refractivity contribution is -0.113. The predicted octanol–water partition coefficient (Wildman–Crippen LogP) is 5.45. The minimum absolute atomic E-state index is 0.170. The van der Waals surface area contributed by atoms with E-state index in [1.807, 2.05) is 43.3 Å². The number of methoxy groups -OCH3 is 1. The molecule has 6 nitrogen and oxygen atoms in total. The summed E-state index contributed by atoms with van der Waals surface area (Å²) in [5.74, 6) is 0.388. The van der Waals surface area contributed by atoms with Gasteiger partial charge in [0.2, 0.25) is 5.91 Å². The molecule has 0 radical (unpaired) electrons. The molecule has 0 saturated heterocycles. The summed E-state index contributed by atoms with van der Waals surface area (Å²) in [6, 6.07) is 17.1. The van der Waals surface area contributed by atoms with Crippen LogP contribution in [0.3, 0.4) is 0 Å². The molecule has 0 aliphatic heterocycles. The summed E-state index contributed by atoms with van der Waals surface area (Å²) in [5.41, 5.74) is 3.07. The lowest BCUT2D eigenvalue weighted by Gasteiger charge is -2.05. The minimum atomic E-state index is -0.348. The van der Waals surface area contributed by atoms with E-state index < -0.39 is 0 Å². The number of hydrogen-bond acceptors (Lipinski definition) is 7. The van der Waals surface area contributed by atoms with Gasteiger partial charge < -0.3 is 10.1 Å². The molecular weight excluding hydrogens is 447 g/mol. The van der Waals surface area contributed by atoms with E-state index in [9.17, 15) is 9.18 Å². The van der Waals surface area contributed by atoms with Gasteiger partial charge in [-0.1, -0.05) is 23.9 Å². The van der Waals surface area contributed by atoms with Crippen LogP contribution in [0.25, 0.3) is 21.1 Å². The summed E-state index contributed by atoms with van der Waals surface area (Å²) >= 11 is 2.81. The van der Waals surface area contributed by atoms with Crippen LogP contribution in [0.1, 0.15) is 5.69 Å². The van der Waals surface area contributed by atoms with Crippen molar-refractivity contribution in [3.63, 3.8) is 0 Å². The molecule has 32 heavy (non-hydrogen) atoms. The van der Waals surface area contributed by atoms with Gasteiger partial charge in [-0.15, -0.1) is 21.5 Å². The van der Waals surface area contributed by atoms with Gasteiger partial charge in [-0.3, -0.25) is 4.79 Å². The van der Waals surface area contributed by atoms with Gasteiger partial charge in [-0.05, 0) is 55.5 Å². The Morgan fingerprint density at radius 3 is 2.59 bits per heavy atom. The number of amides is 1. The zero-order valence-corrected chi connectivity index (χ0v) is 19.0. The Labute approximate surface area is 192 Å². The van der Waals surface area contributed by atoms with Crippen molar-refractivity contribution in [1.82, 2.24) is 15.2 Å². The summed E-state index contributed by atoms with van der Waals surface area (Å²) in [5, 5.41) is 12.8. The number of para-hydroxylation sites is 1. The minimum Gasteiger partial charge on any atom is -0.496 e. The number of halogens is 1. The van der Waals surface area contributed by atoms with Crippen LogP contribution in [0.2, 0.25) is 0 Å². The highest BCUT2D eigenvalue weighted by atomic mass is 32.2. The van der Waals surface area contributed by atoms with Gasteiger partial charge in [0, 0.05) is 5.69 Å². The number of benzene rings is 2. The number of thioether (sulfide) groups is 1. The predicted molar refractivity (Wildman–Crippen MR) is 126 cm³/mol. The molecule has 1 N–H and O–H groups in total. The molecule has 9 heteroatoms. The lowest BCUT2D eigenvalue weighted by Crippen LogP contribution is -2.14. The van der Waals surface area contributed by atoms with Gasteiger partial charge >= 0.3 is 0 Å². The van der Waals surface area contributed by atoms with E-state index in [0.29, 0.717) is 10.7 Å². The Balaban J connectivity index is 1.42. The maximum absolute atomic E-state index is 13.0. The third-order valence-electron chi connectivity index (χ3n) is 4.49. The molecule has 2 aromatic heterocycles. The van der Waals surface area contributed by atoms with Crippen molar-refractivity contribution >= 4 is 34.7 Å². The highest BCUT2D eigenvalue weighted by Gasteiger charge is 2.16. The van der Waals surface area contributed by atoms with Crippen LogP contribution in [-0.2, 0) is 4.79 Å². The Morgan fingerprint density at radius 1 is 1.09 bits per heavy atom. The molecule has 0 atom stereocenters. The second-order valence-corrected chi connectivity index (χ2v) is 8.73. The number of carbonyl (C=O) groups excluding carboxylic acids is 1. The summed E-state index contributed by atoms with van der Waals surface area (Å²) in [4.78, 5) is 17.7. The smallest absolute Gasteiger partial charge is 0.234 e. The molecule has 0 saturated carbocycles. The van der Waals surface area contributed by atoms with Crippen LogP contribution < -0.4 is 10.1 Å². The summed E-state index contributed by atoms with van der Waals surface area (Å²) < 4.78 is 18.4. The molecule has 4 rings (SSSR count). The van der Waals surface area contributed by atoms with Gasteiger partial charge in [0.05, 0.1) is 29.0 Å². The molecule has 0 unspecified atom stereocenters. The number of carbonyl (C=O) groups is 1. The van der Waals surface area contributed by atoms with Crippen LogP contribution in [0.4, 0.5) is 10.1 Å². The first-order valence-electron chi connectivity index (χ1n) is 9.66. The van der Waals surface area contributed by atoms with Crippen molar-refractivity contribution in [3.8, 4) is 26.9 Å². The summed E-state index contributed by atoms with van der Waals surface area (Å²) in [6.45, 7) is 1.94. The molecule has 162 valence electrons. The Morgan fingerprint density at radius 2 is 1.88 bits per heavy atom. The largest absolute Gasteiger partial charge is 0.496 e. The van der Waals surface area contributed by atoms with E-state index in [1.54, 1.807) is 7.11 Å². The van der Waals surface area contributed by atoms with E-state index in [2.05, 4.69) is 20.5 Å². The second kappa shape index (κ2) is 9.88. The Kier molecular flexibility index (Phi) is 6.77. The molecular formula is C23H19FN4O2S2. The molecule has 0 aliphatic rings. The number of ether oxygens (including phenoxy) is 1. The van der Waals surface area contributed by atoms with Gasteiger partial charge in [0.25, 0.3) is 0 Å². The second-order valence-electron chi connectivity index (χ2n) is 6.73. The van der Waals surface area contributed by atoms with E-state index in [1.165, 1.54) is 47.4 Å². The van der Waals surface area contributed by atoms with Crippen LogP contribution in [0.5, 0.6) is 5.75 Å². The molecule has 1 amide bonds. The average molecular weight is 467 g/mol. The molecule has 0 fully saturated rings.